The van der Waals surface area contributed by atoms with Crippen molar-refractivity contribution in [3.63, 3.8) is 0 Å². The molecule has 0 aromatic heterocycles. The van der Waals surface area contributed by atoms with Crippen LogP contribution in [0.5, 0.6) is 11.5 Å². The molecule has 2 N–H and O–H groups in total. The zero-order valence-electron chi connectivity index (χ0n) is 28.1. The number of carbonyl (C=O) groups is 3. The third-order valence-electron chi connectivity index (χ3n) is 7.90. The SMILES string of the molecule is CNC(=O)NC1=Nc2cccc(OCCCC(=O)N(Cc3ccccc3)Cc3ccccc3)c2CN1CC(=O)Oc1ccccc1N(C)C. The quantitative estimate of drug-likeness (QED) is 0.111. The summed E-state index contributed by atoms with van der Waals surface area (Å²) in [5.41, 5.74) is 4.27. The zero-order valence-corrected chi connectivity index (χ0v) is 28.1. The van der Waals surface area contributed by atoms with Crippen LogP contribution in [0.3, 0.4) is 0 Å². The Bertz CT molecular complexity index is 1720. The van der Waals surface area contributed by atoms with Gasteiger partial charge in [0.05, 0.1) is 24.5 Å². The fraction of sp³-hybridized carbons (Fsp3) is 0.263. The summed E-state index contributed by atoms with van der Waals surface area (Å²) >= 11 is 0. The van der Waals surface area contributed by atoms with E-state index in [1.165, 1.54) is 7.05 Å². The van der Waals surface area contributed by atoms with Crippen LogP contribution in [0.4, 0.5) is 16.2 Å². The second-order valence-corrected chi connectivity index (χ2v) is 11.8. The highest BCUT2D eigenvalue weighted by atomic mass is 16.5. The number of ether oxygens (including phenoxy) is 2. The van der Waals surface area contributed by atoms with Crippen LogP contribution in [0.15, 0.2) is 108 Å². The van der Waals surface area contributed by atoms with E-state index in [-0.39, 0.29) is 25.0 Å². The molecule has 4 aromatic carbocycles. The van der Waals surface area contributed by atoms with Gasteiger partial charge in [-0.3, -0.25) is 10.1 Å². The fourth-order valence-electron chi connectivity index (χ4n) is 5.43. The molecular formula is C38H42N6O5. The molecule has 0 atom stereocenters. The normalized spacial score (nSPS) is 11.9. The van der Waals surface area contributed by atoms with Gasteiger partial charge in [-0.2, -0.15) is 0 Å². The molecule has 49 heavy (non-hydrogen) atoms. The maximum Gasteiger partial charge on any atom is 0.331 e. The van der Waals surface area contributed by atoms with E-state index in [1.807, 2.05) is 115 Å². The average Bonchev–Trinajstić information content (AvgIpc) is 3.11. The Morgan fingerprint density at radius 1 is 0.816 bits per heavy atom. The zero-order chi connectivity index (χ0) is 34.6. The van der Waals surface area contributed by atoms with Crippen LogP contribution in [0.1, 0.15) is 29.5 Å². The van der Waals surface area contributed by atoms with E-state index in [0.717, 1.165) is 22.4 Å². The summed E-state index contributed by atoms with van der Waals surface area (Å²) in [7, 11) is 5.24. The molecule has 254 valence electrons. The van der Waals surface area contributed by atoms with Crippen molar-refractivity contribution < 1.29 is 23.9 Å². The highest BCUT2D eigenvalue weighted by molar-refractivity contribution is 5.99. The standard InChI is InChI=1S/C38H42N6O5/c1-39-38(47)41-37-40-31-18-12-21-33(30(31)26-44(37)27-36(46)49-34-20-11-10-19-32(34)42(2)3)48-23-13-22-35(45)43(24-28-14-6-4-7-15-28)25-29-16-8-5-9-17-29/h4-12,14-21H,13,22-27H2,1-3H3,(H2,39,40,41,47). The van der Waals surface area contributed by atoms with E-state index in [4.69, 9.17) is 9.47 Å². The molecule has 0 saturated heterocycles. The number of hydrogen-bond donors (Lipinski definition) is 2. The molecule has 0 spiro atoms. The first-order chi connectivity index (χ1) is 23.8. The highest BCUT2D eigenvalue weighted by Crippen LogP contribution is 2.34. The first-order valence-corrected chi connectivity index (χ1v) is 16.2. The van der Waals surface area contributed by atoms with Gasteiger partial charge in [-0.15, -0.1) is 0 Å². The van der Waals surface area contributed by atoms with Gasteiger partial charge in [-0.1, -0.05) is 78.9 Å². The molecule has 5 rings (SSSR count). The van der Waals surface area contributed by atoms with Gasteiger partial charge in [0.2, 0.25) is 11.9 Å². The molecule has 11 nitrogen and oxygen atoms in total. The van der Waals surface area contributed by atoms with Crippen molar-refractivity contribution in [2.24, 2.45) is 4.99 Å². The largest absolute Gasteiger partial charge is 0.493 e. The summed E-state index contributed by atoms with van der Waals surface area (Å²) in [5, 5.41) is 5.24. The fourth-order valence-corrected chi connectivity index (χ4v) is 5.43. The molecule has 1 aliphatic heterocycles. The van der Waals surface area contributed by atoms with E-state index >= 15 is 0 Å². The van der Waals surface area contributed by atoms with Gasteiger partial charge in [0.25, 0.3) is 0 Å². The summed E-state index contributed by atoms with van der Waals surface area (Å²) in [6, 6.07) is 32.2. The summed E-state index contributed by atoms with van der Waals surface area (Å²) < 4.78 is 11.9. The van der Waals surface area contributed by atoms with E-state index < -0.39 is 12.0 Å². The van der Waals surface area contributed by atoms with Crippen LogP contribution < -0.4 is 25.0 Å². The van der Waals surface area contributed by atoms with Crippen molar-refractivity contribution >= 4 is 35.2 Å². The van der Waals surface area contributed by atoms with Gasteiger partial charge in [0, 0.05) is 46.2 Å². The lowest BCUT2D eigenvalue weighted by Gasteiger charge is -2.30. The topological polar surface area (TPSA) is 116 Å². The lowest BCUT2D eigenvalue weighted by molar-refractivity contribution is -0.135. The van der Waals surface area contributed by atoms with E-state index in [9.17, 15) is 14.4 Å². The molecule has 1 aliphatic rings. The van der Waals surface area contributed by atoms with Gasteiger partial charge in [0.1, 0.15) is 12.3 Å². The smallest absolute Gasteiger partial charge is 0.331 e. The van der Waals surface area contributed by atoms with Crippen LogP contribution >= 0.6 is 0 Å². The lowest BCUT2D eigenvalue weighted by atomic mass is 10.1. The Morgan fingerprint density at radius 2 is 1.45 bits per heavy atom. The number of fused-ring (bicyclic) bond motifs is 1. The van der Waals surface area contributed by atoms with Gasteiger partial charge in [0.15, 0.2) is 5.75 Å². The number of aliphatic imine (C=N–C) groups is 1. The Labute approximate surface area is 287 Å². The van der Waals surface area contributed by atoms with E-state index in [2.05, 4.69) is 15.6 Å². The average molecular weight is 663 g/mol. The Balaban J connectivity index is 1.25. The number of guanidine groups is 1. The minimum Gasteiger partial charge on any atom is -0.493 e. The summed E-state index contributed by atoms with van der Waals surface area (Å²) in [5.74, 6) is 0.759. The predicted molar refractivity (Wildman–Crippen MR) is 190 cm³/mol. The lowest BCUT2D eigenvalue weighted by Crippen LogP contribution is -2.49. The molecule has 11 heteroatoms. The third-order valence-corrected chi connectivity index (χ3v) is 7.90. The Morgan fingerprint density at radius 3 is 2.10 bits per heavy atom. The predicted octanol–water partition coefficient (Wildman–Crippen LogP) is 5.48. The minimum atomic E-state index is -0.517. The van der Waals surface area contributed by atoms with Crippen LogP contribution in [-0.2, 0) is 29.2 Å². The maximum atomic E-state index is 13.4. The second kappa shape index (κ2) is 16.8. The van der Waals surface area contributed by atoms with Crippen LogP contribution in [0.2, 0.25) is 0 Å². The first-order valence-electron chi connectivity index (χ1n) is 16.2. The number of nitrogens with one attached hydrogen (secondary N) is 2. The van der Waals surface area contributed by atoms with Crippen molar-refractivity contribution in [3.05, 3.63) is 120 Å². The van der Waals surface area contributed by atoms with Gasteiger partial charge < -0.3 is 29.5 Å². The van der Waals surface area contributed by atoms with Crippen molar-refractivity contribution in [3.8, 4) is 11.5 Å². The Kier molecular flexibility index (Phi) is 11.8. The molecule has 0 saturated carbocycles. The van der Waals surface area contributed by atoms with Gasteiger partial charge >= 0.3 is 12.0 Å². The van der Waals surface area contributed by atoms with Crippen molar-refractivity contribution in [2.75, 3.05) is 39.2 Å². The molecule has 0 aliphatic carbocycles. The molecule has 0 radical (unpaired) electrons. The number of benzene rings is 4. The number of para-hydroxylation sites is 2. The second-order valence-electron chi connectivity index (χ2n) is 11.8. The van der Waals surface area contributed by atoms with E-state index in [1.54, 1.807) is 17.0 Å². The first kappa shape index (κ1) is 34.5. The molecule has 0 unspecified atom stereocenters. The number of amides is 3. The molecule has 4 aromatic rings. The number of carbonyl (C=O) groups excluding carboxylic acids is 3. The van der Waals surface area contributed by atoms with Crippen molar-refractivity contribution in [1.29, 1.82) is 0 Å². The number of esters is 1. The maximum absolute atomic E-state index is 13.4. The highest BCUT2D eigenvalue weighted by Gasteiger charge is 2.27. The van der Waals surface area contributed by atoms with Crippen molar-refractivity contribution in [2.45, 2.75) is 32.5 Å². The summed E-state index contributed by atoms with van der Waals surface area (Å²) in [6.45, 7) is 1.41. The summed E-state index contributed by atoms with van der Waals surface area (Å²) in [6.07, 6.45) is 0.829. The monoisotopic (exact) mass is 662 g/mol. The number of rotatable bonds is 13. The van der Waals surface area contributed by atoms with Crippen LogP contribution in [0.25, 0.3) is 0 Å². The third kappa shape index (κ3) is 9.60. The van der Waals surface area contributed by atoms with Crippen LogP contribution in [0, 0.1) is 0 Å². The molecule has 0 bridgehead atoms. The Hall–Kier alpha value is -5.84. The van der Waals surface area contributed by atoms with Crippen LogP contribution in [-0.4, -0.2) is 68.0 Å². The minimum absolute atomic E-state index is 0.0430. The summed E-state index contributed by atoms with van der Waals surface area (Å²) in [4.78, 5) is 48.9. The molecule has 1 heterocycles. The van der Waals surface area contributed by atoms with Gasteiger partial charge in [-0.25, -0.2) is 14.6 Å². The molecule has 3 amide bonds. The number of urea groups is 1. The number of hydrogen-bond acceptors (Lipinski definition) is 8. The van der Waals surface area contributed by atoms with E-state index in [0.29, 0.717) is 49.7 Å². The van der Waals surface area contributed by atoms with Crippen molar-refractivity contribution in [1.82, 2.24) is 20.4 Å². The molecular weight excluding hydrogens is 620 g/mol. The number of anilines is 1. The molecule has 0 fully saturated rings. The number of nitrogens with zero attached hydrogens (tertiary/aromatic N) is 4. The van der Waals surface area contributed by atoms with Gasteiger partial charge in [-0.05, 0) is 41.8 Å².